The van der Waals surface area contributed by atoms with E-state index in [-0.39, 0.29) is 0 Å². The Balaban J connectivity index is 1.83. The van der Waals surface area contributed by atoms with E-state index in [0.717, 1.165) is 31.9 Å². The van der Waals surface area contributed by atoms with Gasteiger partial charge in [0.2, 0.25) is 5.89 Å². The summed E-state index contributed by atoms with van der Waals surface area (Å²) in [4.78, 5) is 2.67. The molecule has 1 aromatic carbocycles. The molecule has 0 amide bonds. The van der Waals surface area contributed by atoms with Crippen LogP contribution < -0.4 is 0 Å². The molecule has 0 aliphatic carbocycles. The Bertz CT molecular complexity index is 686. The summed E-state index contributed by atoms with van der Waals surface area (Å²) in [6, 6.07) is 6.17. The van der Waals surface area contributed by atoms with Crippen LogP contribution in [0.5, 0.6) is 0 Å². The van der Waals surface area contributed by atoms with Crippen LogP contribution in [0.15, 0.2) is 22.6 Å². The lowest BCUT2D eigenvalue weighted by molar-refractivity contribution is 0.0206. The molecule has 0 bridgehead atoms. The van der Waals surface area contributed by atoms with Crippen molar-refractivity contribution < 1.29 is 9.15 Å². The minimum absolute atomic E-state index is 0.412. The molecule has 112 valence electrons. The average Bonchev–Trinajstić information content (AvgIpc) is 2.84. The smallest absolute Gasteiger partial charge is 0.288 e. The first-order valence-corrected chi connectivity index (χ1v) is 7.50. The molecular weight excluding hydrogens is 286 g/mol. The SMILES string of the molecule is Cc1ccc(-c2nn(CN3CCOCC3)c(=S)o2)cc1C. The van der Waals surface area contributed by atoms with E-state index in [1.54, 1.807) is 4.68 Å². The summed E-state index contributed by atoms with van der Waals surface area (Å²) in [5, 5.41) is 4.51. The molecule has 6 heteroatoms. The summed E-state index contributed by atoms with van der Waals surface area (Å²) in [5.41, 5.74) is 3.44. The zero-order valence-electron chi connectivity index (χ0n) is 12.3. The number of hydrogen-bond donors (Lipinski definition) is 0. The zero-order chi connectivity index (χ0) is 14.8. The average molecular weight is 305 g/mol. The Labute approximate surface area is 129 Å². The standard InChI is InChI=1S/C15H19N3O2S/c1-11-3-4-13(9-12(11)2)14-16-18(15(21)20-14)10-17-5-7-19-8-6-17/h3-4,9H,5-8,10H2,1-2H3. The van der Waals surface area contributed by atoms with Gasteiger partial charge in [-0.1, -0.05) is 6.07 Å². The summed E-state index contributed by atoms with van der Waals surface area (Å²) in [7, 11) is 0. The molecule has 1 aromatic heterocycles. The molecule has 21 heavy (non-hydrogen) atoms. The van der Waals surface area contributed by atoms with Crippen molar-refractivity contribution in [1.82, 2.24) is 14.7 Å². The molecule has 3 rings (SSSR count). The maximum atomic E-state index is 5.65. The Morgan fingerprint density at radius 2 is 1.95 bits per heavy atom. The van der Waals surface area contributed by atoms with Gasteiger partial charge in [-0.15, -0.1) is 5.10 Å². The van der Waals surface area contributed by atoms with Crippen LogP contribution in [0.4, 0.5) is 0 Å². The van der Waals surface area contributed by atoms with Gasteiger partial charge in [0.15, 0.2) is 0 Å². The van der Waals surface area contributed by atoms with Crippen LogP contribution >= 0.6 is 12.2 Å². The van der Waals surface area contributed by atoms with Crippen LogP contribution in [0, 0.1) is 18.7 Å². The van der Waals surface area contributed by atoms with Crippen molar-refractivity contribution in [2.45, 2.75) is 20.5 Å². The topological polar surface area (TPSA) is 43.4 Å². The molecule has 0 saturated carbocycles. The van der Waals surface area contributed by atoms with Crippen molar-refractivity contribution in [3.05, 3.63) is 34.2 Å². The van der Waals surface area contributed by atoms with E-state index in [2.05, 4.69) is 36.0 Å². The number of ether oxygens (including phenoxy) is 1. The number of morpholine rings is 1. The van der Waals surface area contributed by atoms with Gasteiger partial charge in [-0.2, -0.15) is 0 Å². The highest BCUT2D eigenvalue weighted by Crippen LogP contribution is 2.21. The van der Waals surface area contributed by atoms with Gasteiger partial charge in [0.25, 0.3) is 4.84 Å². The van der Waals surface area contributed by atoms with E-state index >= 15 is 0 Å². The molecular formula is C15H19N3O2S. The Kier molecular flexibility index (Phi) is 4.19. The second kappa shape index (κ2) is 6.09. The molecule has 0 spiro atoms. The van der Waals surface area contributed by atoms with Gasteiger partial charge < -0.3 is 9.15 Å². The lowest BCUT2D eigenvalue weighted by Gasteiger charge is -2.25. The molecule has 0 atom stereocenters. The third-order valence-electron chi connectivity index (χ3n) is 3.80. The second-order valence-electron chi connectivity index (χ2n) is 5.34. The molecule has 2 heterocycles. The third-order valence-corrected chi connectivity index (χ3v) is 4.09. The fourth-order valence-electron chi connectivity index (χ4n) is 2.32. The van der Waals surface area contributed by atoms with E-state index < -0.39 is 0 Å². The number of hydrogen-bond acceptors (Lipinski definition) is 5. The first-order chi connectivity index (χ1) is 10.1. The molecule has 0 N–H and O–H groups in total. The monoisotopic (exact) mass is 305 g/mol. The second-order valence-corrected chi connectivity index (χ2v) is 5.69. The van der Waals surface area contributed by atoms with Crippen molar-refractivity contribution in [2.75, 3.05) is 26.3 Å². The number of benzene rings is 1. The van der Waals surface area contributed by atoms with Gasteiger partial charge in [0.05, 0.1) is 19.9 Å². The summed E-state index contributed by atoms with van der Waals surface area (Å²) >= 11 is 5.28. The summed E-state index contributed by atoms with van der Waals surface area (Å²) < 4.78 is 12.7. The van der Waals surface area contributed by atoms with Crippen molar-refractivity contribution in [2.24, 2.45) is 0 Å². The van der Waals surface area contributed by atoms with Crippen LogP contribution in [0.1, 0.15) is 11.1 Å². The Morgan fingerprint density at radius 3 is 2.67 bits per heavy atom. The van der Waals surface area contributed by atoms with E-state index in [1.165, 1.54) is 11.1 Å². The molecule has 5 nitrogen and oxygen atoms in total. The van der Waals surface area contributed by atoms with Gasteiger partial charge in [0.1, 0.15) is 0 Å². The van der Waals surface area contributed by atoms with Crippen molar-refractivity contribution in [3.63, 3.8) is 0 Å². The van der Waals surface area contributed by atoms with Crippen LogP contribution in [0.2, 0.25) is 0 Å². The number of nitrogens with zero attached hydrogens (tertiary/aromatic N) is 3. The first-order valence-electron chi connectivity index (χ1n) is 7.09. The highest BCUT2D eigenvalue weighted by Gasteiger charge is 2.14. The van der Waals surface area contributed by atoms with E-state index in [0.29, 0.717) is 17.4 Å². The van der Waals surface area contributed by atoms with Crippen molar-refractivity contribution in [3.8, 4) is 11.5 Å². The van der Waals surface area contributed by atoms with Crippen LogP contribution in [0.25, 0.3) is 11.5 Å². The van der Waals surface area contributed by atoms with Gasteiger partial charge in [-0.05, 0) is 49.3 Å². The molecule has 1 saturated heterocycles. The highest BCUT2D eigenvalue weighted by molar-refractivity contribution is 7.71. The van der Waals surface area contributed by atoms with Crippen LogP contribution in [0.3, 0.4) is 0 Å². The summed E-state index contributed by atoms with van der Waals surface area (Å²) in [6.07, 6.45) is 0. The fourth-order valence-corrected chi connectivity index (χ4v) is 2.50. The Hall–Kier alpha value is -1.50. The van der Waals surface area contributed by atoms with Crippen LogP contribution in [-0.4, -0.2) is 41.0 Å². The van der Waals surface area contributed by atoms with Gasteiger partial charge in [-0.3, -0.25) is 4.90 Å². The third kappa shape index (κ3) is 3.23. The fraction of sp³-hybridized carbons (Fsp3) is 0.467. The summed E-state index contributed by atoms with van der Waals surface area (Å²) in [5.74, 6) is 0.580. The van der Waals surface area contributed by atoms with Gasteiger partial charge in [-0.25, -0.2) is 4.68 Å². The lowest BCUT2D eigenvalue weighted by Crippen LogP contribution is -2.37. The molecule has 1 aliphatic rings. The quantitative estimate of drug-likeness (QED) is 0.816. The molecule has 2 aromatic rings. The first kappa shape index (κ1) is 14.4. The minimum Gasteiger partial charge on any atom is -0.409 e. The van der Waals surface area contributed by atoms with Gasteiger partial charge in [0, 0.05) is 18.7 Å². The molecule has 1 aliphatic heterocycles. The Morgan fingerprint density at radius 1 is 1.19 bits per heavy atom. The van der Waals surface area contributed by atoms with Crippen LogP contribution in [-0.2, 0) is 11.4 Å². The lowest BCUT2D eigenvalue weighted by atomic mass is 10.1. The normalized spacial score (nSPS) is 16.3. The van der Waals surface area contributed by atoms with E-state index in [4.69, 9.17) is 21.4 Å². The number of rotatable bonds is 3. The van der Waals surface area contributed by atoms with Gasteiger partial charge >= 0.3 is 0 Å². The molecule has 0 unspecified atom stereocenters. The summed E-state index contributed by atoms with van der Waals surface area (Å²) in [6.45, 7) is 8.13. The maximum Gasteiger partial charge on any atom is 0.288 e. The number of aromatic nitrogens is 2. The maximum absolute atomic E-state index is 5.65. The largest absolute Gasteiger partial charge is 0.409 e. The molecule has 1 fully saturated rings. The zero-order valence-corrected chi connectivity index (χ0v) is 13.2. The predicted molar refractivity (Wildman–Crippen MR) is 82.6 cm³/mol. The number of aryl methyl sites for hydroxylation is 2. The van der Waals surface area contributed by atoms with E-state index in [1.807, 2.05) is 6.07 Å². The highest BCUT2D eigenvalue weighted by atomic mass is 32.1. The van der Waals surface area contributed by atoms with Crippen molar-refractivity contribution in [1.29, 1.82) is 0 Å². The van der Waals surface area contributed by atoms with E-state index in [9.17, 15) is 0 Å². The van der Waals surface area contributed by atoms with Crippen molar-refractivity contribution >= 4 is 12.2 Å². The molecule has 0 radical (unpaired) electrons. The minimum atomic E-state index is 0.412. The predicted octanol–water partition coefficient (Wildman–Crippen LogP) is 2.78.